The molecule has 0 nitrogen and oxygen atoms in total. The molecule has 0 heterocycles. The molecule has 1 unspecified atom stereocenters. The minimum absolute atomic E-state index is 0.167. The van der Waals surface area contributed by atoms with Crippen LogP contribution in [0.4, 0.5) is 0 Å². The first-order chi connectivity index (χ1) is 8.59. The van der Waals surface area contributed by atoms with Gasteiger partial charge in [0, 0.05) is 16.0 Å². The first-order valence-corrected chi connectivity index (χ1v) is 7.00. The van der Waals surface area contributed by atoms with E-state index in [4.69, 9.17) is 46.4 Å². The van der Waals surface area contributed by atoms with Crippen LogP contribution < -0.4 is 0 Å². The Morgan fingerprint density at radius 1 is 0.778 bits per heavy atom. The smallest absolute Gasteiger partial charge is 0.104 e. The van der Waals surface area contributed by atoms with Gasteiger partial charge in [-0.3, -0.25) is 0 Å². The fourth-order valence-corrected chi connectivity index (χ4v) is 2.80. The Labute approximate surface area is 126 Å². The van der Waals surface area contributed by atoms with Crippen molar-refractivity contribution >= 4 is 46.4 Å². The van der Waals surface area contributed by atoms with Gasteiger partial charge in [-0.15, -0.1) is 23.2 Å². The highest BCUT2D eigenvalue weighted by Gasteiger charge is 2.23. The number of rotatable bonds is 3. The van der Waals surface area contributed by atoms with Gasteiger partial charge < -0.3 is 0 Å². The van der Waals surface area contributed by atoms with Gasteiger partial charge in [-0.25, -0.2) is 0 Å². The van der Waals surface area contributed by atoms with Gasteiger partial charge in [-0.1, -0.05) is 53.5 Å². The van der Waals surface area contributed by atoms with E-state index in [-0.39, 0.29) is 5.92 Å². The first-order valence-electron chi connectivity index (χ1n) is 5.37. The predicted octanol–water partition coefficient (Wildman–Crippen LogP) is 5.93. The lowest BCUT2D eigenvalue weighted by molar-refractivity contribution is 0.887. The van der Waals surface area contributed by atoms with Crippen molar-refractivity contribution in [3.63, 3.8) is 0 Å². The second-order valence-electron chi connectivity index (χ2n) is 3.89. The van der Waals surface area contributed by atoms with Gasteiger partial charge in [0.15, 0.2) is 0 Å². The zero-order valence-corrected chi connectivity index (χ0v) is 12.3. The molecule has 2 rings (SSSR count). The Balaban J connectivity index is 2.47. The number of benzene rings is 2. The lowest BCUT2D eigenvalue weighted by Crippen LogP contribution is -2.09. The summed E-state index contributed by atoms with van der Waals surface area (Å²) in [4.78, 5) is -0.578. The fraction of sp³-hybridized carbons (Fsp3) is 0.143. The molecule has 4 heteroatoms. The Morgan fingerprint density at radius 3 is 1.94 bits per heavy atom. The number of hydrogen-bond donors (Lipinski definition) is 0. The molecule has 0 N–H and O–H groups in total. The van der Waals surface area contributed by atoms with E-state index in [9.17, 15) is 0 Å². The number of halogens is 4. The summed E-state index contributed by atoms with van der Waals surface area (Å²) in [7, 11) is 0. The van der Waals surface area contributed by atoms with E-state index in [0.29, 0.717) is 10.0 Å². The van der Waals surface area contributed by atoms with E-state index >= 15 is 0 Å². The summed E-state index contributed by atoms with van der Waals surface area (Å²) in [5.41, 5.74) is 1.90. The molecule has 0 aromatic heterocycles. The molecular formula is C14H10Cl4. The molecule has 2 aromatic carbocycles. The molecule has 0 amide bonds. The maximum Gasteiger partial charge on any atom is 0.118 e. The Hall–Kier alpha value is -0.400. The van der Waals surface area contributed by atoms with Crippen LogP contribution >= 0.6 is 46.4 Å². The van der Waals surface area contributed by atoms with Gasteiger partial charge in [-0.2, -0.15) is 0 Å². The quantitative estimate of drug-likeness (QED) is 0.611. The minimum Gasteiger partial charge on any atom is -0.104 e. The topological polar surface area (TPSA) is 0 Å². The zero-order chi connectivity index (χ0) is 13.1. The summed E-state index contributed by atoms with van der Waals surface area (Å²) >= 11 is 24.3. The zero-order valence-electron chi connectivity index (χ0n) is 9.29. The molecule has 0 saturated carbocycles. The third-order valence-electron chi connectivity index (χ3n) is 2.72. The van der Waals surface area contributed by atoms with Crippen molar-refractivity contribution in [1.29, 1.82) is 0 Å². The van der Waals surface area contributed by atoms with Crippen LogP contribution in [0.1, 0.15) is 17.0 Å². The highest BCUT2D eigenvalue weighted by molar-refractivity contribution is 6.45. The van der Waals surface area contributed by atoms with Crippen molar-refractivity contribution in [1.82, 2.24) is 0 Å². The van der Waals surface area contributed by atoms with E-state index in [1.54, 1.807) is 0 Å². The van der Waals surface area contributed by atoms with E-state index in [2.05, 4.69) is 0 Å². The molecular weight excluding hydrogens is 322 g/mol. The maximum absolute atomic E-state index is 6.20. The van der Waals surface area contributed by atoms with Crippen LogP contribution in [-0.2, 0) is 0 Å². The van der Waals surface area contributed by atoms with Crippen molar-refractivity contribution in [3.8, 4) is 0 Å². The van der Waals surface area contributed by atoms with Crippen molar-refractivity contribution in [2.24, 2.45) is 0 Å². The standard InChI is InChI=1S/C14H10Cl4/c15-10-7-5-9(6-8-10)13(14(17)18)11-3-1-2-4-12(11)16/h1-8,13-14H/i1+1,2+1,3+1,4+1,5+1,6+1,7+1,8+1,9+1,10+1,11+1,12+1. The summed E-state index contributed by atoms with van der Waals surface area (Å²) in [6.07, 6.45) is 0. The van der Waals surface area contributed by atoms with E-state index in [1.165, 1.54) is 0 Å². The lowest BCUT2D eigenvalue weighted by atomic mass is 10.4. The predicted molar refractivity (Wildman–Crippen MR) is 80.2 cm³/mol. The van der Waals surface area contributed by atoms with Crippen LogP contribution in [0.15, 0.2) is 48.5 Å². The second kappa shape index (κ2) is 6.16. The summed E-state index contributed by atoms with van der Waals surface area (Å²) in [5.74, 6) is -0.167. The molecule has 0 saturated heterocycles. The molecule has 1 atom stereocenters. The van der Waals surface area contributed by atoms with Crippen LogP contribution in [0.25, 0.3) is 0 Å². The SMILES string of the molecule is ClC(Cl)C([13c]1[13cH][13cH][13c](Cl)[13cH][13cH]1)[13c]1[13cH][13cH][13cH][13cH][13c]1Cl. The highest BCUT2D eigenvalue weighted by atomic mass is 35.5. The Bertz CT molecular complexity index is 520. The van der Waals surface area contributed by atoms with Crippen molar-refractivity contribution < 1.29 is 0 Å². The minimum atomic E-state index is -0.578. The van der Waals surface area contributed by atoms with Gasteiger partial charge in [0.2, 0.25) is 0 Å². The van der Waals surface area contributed by atoms with Crippen molar-refractivity contribution in [2.75, 3.05) is 0 Å². The number of hydrogen-bond acceptors (Lipinski definition) is 0. The Kier molecular flexibility index (Phi) is 4.80. The molecule has 0 aliphatic rings. The van der Waals surface area contributed by atoms with Gasteiger partial charge in [0.1, 0.15) is 4.84 Å². The maximum atomic E-state index is 6.20. The van der Waals surface area contributed by atoms with Gasteiger partial charge in [0.05, 0.1) is 0 Å². The summed E-state index contributed by atoms with van der Waals surface area (Å²) in [5, 5.41) is 1.33. The summed E-state index contributed by atoms with van der Waals surface area (Å²) in [6.45, 7) is 0. The van der Waals surface area contributed by atoms with E-state index in [1.807, 2.05) is 48.5 Å². The highest BCUT2D eigenvalue weighted by Crippen LogP contribution is 2.37. The number of alkyl halides is 2. The van der Waals surface area contributed by atoms with Crippen LogP contribution in [-0.4, -0.2) is 4.84 Å². The largest absolute Gasteiger partial charge is 0.118 e. The molecule has 0 aliphatic heterocycles. The molecule has 18 heavy (non-hydrogen) atoms. The van der Waals surface area contributed by atoms with Crippen molar-refractivity contribution in [2.45, 2.75) is 10.8 Å². The van der Waals surface area contributed by atoms with Gasteiger partial charge in [-0.05, 0) is 29.3 Å². The monoisotopic (exact) mass is 330 g/mol. The van der Waals surface area contributed by atoms with Gasteiger partial charge in [0.25, 0.3) is 0 Å². The second-order valence-corrected chi connectivity index (χ2v) is 5.89. The van der Waals surface area contributed by atoms with Crippen LogP contribution in [0.2, 0.25) is 10.0 Å². The third-order valence-corrected chi connectivity index (χ3v) is 3.82. The van der Waals surface area contributed by atoms with E-state index in [0.717, 1.165) is 11.1 Å². The molecule has 2 aromatic rings. The van der Waals surface area contributed by atoms with Gasteiger partial charge >= 0.3 is 0 Å². The molecule has 0 radical (unpaired) electrons. The average molecular weight is 332 g/mol. The molecule has 0 spiro atoms. The normalized spacial score (nSPS) is 12.7. The average Bonchev–Trinajstić information content (AvgIpc) is 2.34. The van der Waals surface area contributed by atoms with Crippen LogP contribution in [0.5, 0.6) is 0 Å². The third kappa shape index (κ3) is 3.13. The Morgan fingerprint density at radius 2 is 1.39 bits per heavy atom. The molecule has 0 aliphatic carbocycles. The summed E-state index contributed by atoms with van der Waals surface area (Å²) in [6, 6.07) is 15.0. The van der Waals surface area contributed by atoms with Crippen LogP contribution in [0, 0.1) is 0 Å². The summed E-state index contributed by atoms with van der Waals surface area (Å²) < 4.78 is 0. The molecule has 0 bridgehead atoms. The molecule has 0 fully saturated rings. The van der Waals surface area contributed by atoms with Crippen molar-refractivity contribution in [3.05, 3.63) is 69.7 Å². The first kappa shape index (κ1) is 14.0. The molecule has 94 valence electrons. The lowest BCUT2D eigenvalue weighted by Gasteiger charge is -2.20. The van der Waals surface area contributed by atoms with E-state index < -0.39 is 4.84 Å². The fourth-order valence-electron chi connectivity index (χ4n) is 1.86. The van der Waals surface area contributed by atoms with Crippen LogP contribution in [0.3, 0.4) is 0 Å².